The van der Waals surface area contributed by atoms with Gasteiger partial charge in [0.1, 0.15) is 24.4 Å². The van der Waals surface area contributed by atoms with E-state index in [0.29, 0.717) is 0 Å². The smallest absolute Gasteiger partial charge is 0.187 e. The molecular formula is C16H20O7. The first-order valence-corrected chi connectivity index (χ1v) is 6.95. The minimum absolute atomic E-state index is 0.0508. The molecule has 0 saturated carbocycles. The van der Waals surface area contributed by atoms with Gasteiger partial charge in [0.05, 0.1) is 19.8 Å². The molecule has 7 heteroatoms. The van der Waals surface area contributed by atoms with E-state index in [-0.39, 0.29) is 13.2 Å². The monoisotopic (exact) mass is 324 g/mol. The number of allylic oxidation sites excluding steroid dienone is 2. The van der Waals surface area contributed by atoms with Crippen LogP contribution in [0.4, 0.5) is 0 Å². The van der Waals surface area contributed by atoms with Gasteiger partial charge in [-0.15, -0.1) is 0 Å². The Morgan fingerprint density at radius 1 is 0.913 bits per heavy atom. The zero-order valence-electron chi connectivity index (χ0n) is 12.4. The van der Waals surface area contributed by atoms with E-state index < -0.39 is 37.3 Å². The van der Waals surface area contributed by atoms with Crippen LogP contribution >= 0.6 is 0 Å². The minimum atomic E-state index is -1.46. The van der Waals surface area contributed by atoms with Crippen LogP contribution in [0.25, 0.3) is 0 Å². The molecule has 0 aromatic carbocycles. The van der Waals surface area contributed by atoms with Crippen molar-refractivity contribution in [1.29, 1.82) is 0 Å². The average molecular weight is 324 g/mol. The third-order valence-electron chi connectivity index (χ3n) is 2.92. The van der Waals surface area contributed by atoms with Gasteiger partial charge in [0.2, 0.25) is 0 Å². The summed E-state index contributed by atoms with van der Waals surface area (Å²) in [6.45, 7) is -0.526. The maximum absolute atomic E-state index is 9.73. The molecule has 1 aliphatic heterocycles. The van der Waals surface area contributed by atoms with Crippen LogP contribution in [-0.2, 0) is 9.47 Å². The zero-order valence-corrected chi connectivity index (χ0v) is 12.4. The summed E-state index contributed by atoms with van der Waals surface area (Å²) >= 11 is 0. The Morgan fingerprint density at radius 3 is 2.17 bits per heavy atom. The van der Waals surface area contributed by atoms with Crippen molar-refractivity contribution in [1.82, 2.24) is 0 Å². The van der Waals surface area contributed by atoms with Gasteiger partial charge in [0.15, 0.2) is 6.29 Å². The van der Waals surface area contributed by atoms with Crippen molar-refractivity contribution < 1.29 is 35.0 Å². The first kappa shape index (κ1) is 19.4. The van der Waals surface area contributed by atoms with Gasteiger partial charge in [-0.05, 0) is 24.0 Å². The molecule has 0 aromatic heterocycles. The Labute approximate surface area is 134 Å². The van der Waals surface area contributed by atoms with Crippen LogP contribution < -0.4 is 0 Å². The molecule has 5 atom stereocenters. The standard InChI is InChI=1S/C16H20O7/c17-9-7-5-3-1-2-4-6-8-10-22-16-15(21)14(20)13(19)12(11-18)23-16/h5-8,12-21H,9-11H2/b7-5+,8-6+/t12-,13-,14+,15-,16-/m1/s1. The van der Waals surface area contributed by atoms with Crippen LogP contribution in [0.1, 0.15) is 0 Å². The SMILES string of the molecule is OC/C=C/C#CC#C/C=C/CO[C@@H]1O[C@H](CO)[C@@H](O)[C@H](O)[C@H]1O. The highest BCUT2D eigenvalue weighted by molar-refractivity contribution is 5.33. The molecule has 0 amide bonds. The van der Waals surface area contributed by atoms with E-state index in [1.807, 2.05) is 0 Å². The summed E-state index contributed by atoms with van der Waals surface area (Å²) in [6.07, 6.45) is -0.424. The first-order chi connectivity index (χ1) is 11.1. The van der Waals surface area contributed by atoms with E-state index in [1.54, 1.807) is 6.08 Å². The molecule has 0 bridgehead atoms. The van der Waals surface area contributed by atoms with Crippen LogP contribution in [0.15, 0.2) is 24.3 Å². The lowest BCUT2D eigenvalue weighted by Crippen LogP contribution is -2.59. The highest BCUT2D eigenvalue weighted by Crippen LogP contribution is 2.21. The average Bonchev–Trinajstić information content (AvgIpc) is 2.56. The molecule has 5 N–H and O–H groups in total. The molecule has 1 rings (SSSR count). The van der Waals surface area contributed by atoms with Crippen molar-refractivity contribution in [3.05, 3.63) is 24.3 Å². The molecule has 0 spiro atoms. The molecule has 0 unspecified atom stereocenters. The molecule has 1 fully saturated rings. The summed E-state index contributed by atoms with van der Waals surface area (Å²) in [5.74, 6) is 10.3. The number of hydrogen-bond donors (Lipinski definition) is 5. The van der Waals surface area contributed by atoms with Crippen molar-refractivity contribution in [2.75, 3.05) is 19.8 Å². The molecule has 1 saturated heterocycles. The predicted octanol–water partition coefficient (Wildman–Crippen LogP) is -2.09. The third-order valence-corrected chi connectivity index (χ3v) is 2.92. The number of hydrogen-bond acceptors (Lipinski definition) is 7. The lowest BCUT2D eigenvalue weighted by atomic mass is 9.99. The normalized spacial score (nSPS) is 30.7. The van der Waals surface area contributed by atoms with Crippen LogP contribution in [0.5, 0.6) is 0 Å². The Kier molecular flexibility index (Phi) is 9.22. The van der Waals surface area contributed by atoms with Gasteiger partial charge in [0.25, 0.3) is 0 Å². The summed E-state index contributed by atoms with van der Waals surface area (Å²) in [4.78, 5) is 0. The zero-order chi connectivity index (χ0) is 17.1. The van der Waals surface area contributed by atoms with Gasteiger partial charge in [-0.2, -0.15) is 0 Å². The Bertz CT molecular complexity index is 518. The van der Waals surface area contributed by atoms with Gasteiger partial charge in [-0.25, -0.2) is 0 Å². The van der Waals surface area contributed by atoms with Gasteiger partial charge >= 0.3 is 0 Å². The number of ether oxygens (including phenoxy) is 2. The summed E-state index contributed by atoms with van der Waals surface area (Å²) in [7, 11) is 0. The fourth-order valence-corrected chi connectivity index (χ4v) is 1.73. The lowest BCUT2D eigenvalue weighted by Gasteiger charge is -2.39. The van der Waals surface area contributed by atoms with Gasteiger partial charge < -0.3 is 35.0 Å². The van der Waals surface area contributed by atoms with Gasteiger partial charge in [-0.1, -0.05) is 24.0 Å². The second-order valence-electron chi connectivity index (χ2n) is 4.56. The van der Waals surface area contributed by atoms with E-state index in [4.69, 9.17) is 19.7 Å². The first-order valence-electron chi connectivity index (χ1n) is 6.95. The summed E-state index contributed by atoms with van der Waals surface area (Å²) in [5.41, 5.74) is 0. The fraction of sp³-hybridized carbons (Fsp3) is 0.500. The molecule has 0 aromatic rings. The molecule has 7 nitrogen and oxygen atoms in total. The van der Waals surface area contributed by atoms with Crippen LogP contribution in [-0.4, -0.2) is 76.1 Å². The molecule has 1 aliphatic rings. The van der Waals surface area contributed by atoms with Gasteiger partial charge in [0, 0.05) is 0 Å². The van der Waals surface area contributed by atoms with Gasteiger partial charge in [-0.3, -0.25) is 0 Å². The van der Waals surface area contributed by atoms with E-state index in [1.165, 1.54) is 18.2 Å². The predicted molar refractivity (Wildman–Crippen MR) is 80.6 cm³/mol. The number of aliphatic hydroxyl groups is 5. The maximum Gasteiger partial charge on any atom is 0.187 e. The molecule has 1 heterocycles. The minimum Gasteiger partial charge on any atom is -0.394 e. The fourth-order valence-electron chi connectivity index (χ4n) is 1.73. The van der Waals surface area contributed by atoms with E-state index in [2.05, 4.69) is 23.7 Å². The molecule has 23 heavy (non-hydrogen) atoms. The van der Waals surface area contributed by atoms with Crippen LogP contribution in [0, 0.1) is 23.7 Å². The van der Waals surface area contributed by atoms with Crippen molar-refractivity contribution in [2.45, 2.75) is 30.7 Å². The summed E-state index contributed by atoms with van der Waals surface area (Å²) in [5, 5.41) is 46.4. The summed E-state index contributed by atoms with van der Waals surface area (Å²) in [6, 6.07) is 0. The highest BCUT2D eigenvalue weighted by atomic mass is 16.7. The lowest BCUT2D eigenvalue weighted by molar-refractivity contribution is -0.298. The van der Waals surface area contributed by atoms with E-state index in [9.17, 15) is 15.3 Å². The largest absolute Gasteiger partial charge is 0.394 e. The maximum atomic E-state index is 9.73. The number of rotatable bonds is 5. The van der Waals surface area contributed by atoms with E-state index in [0.717, 1.165) is 0 Å². The molecule has 126 valence electrons. The molecule has 0 radical (unpaired) electrons. The highest BCUT2D eigenvalue weighted by Gasteiger charge is 2.43. The topological polar surface area (TPSA) is 120 Å². The van der Waals surface area contributed by atoms with Crippen LogP contribution in [0.2, 0.25) is 0 Å². The second-order valence-corrected chi connectivity index (χ2v) is 4.56. The second kappa shape index (κ2) is 10.9. The summed E-state index contributed by atoms with van der Waals surface area (Å²) < 4.78 is 10.4. The Hall–Kier alpha value is -1.68. The van der Waals surface area contributed by atoms with E-state index >= 15 is 0 Å². The quantitative estimate of drug-likeness (QED) is 0.368. The van der Waals surface area contributed by atoms with Crippen LogP contribution in [0.3, 0.4) is 0 Å². The molecular weight excluding hydrogens is 304 g/mol. The molecule has 0 aliphatic carbocycles. The van der Waals surface area contributed by atoms with Crippen molar-refractivity contribution in [2.24, 2.45) is 0 Å². The van der Waals surface area contributed by atoms with Crippen molar-refractivity contribution >= 4 is 0 Å². The Morgan fingerprint density at radius 2 is 1.57 bits per heavy atom. The third kappa shape index (κ3) is 6.53. The Balaban J connectivity index is 2.39. The van der Waals surface area contributed by atoms with Crippen molar-refractivity contribution in [3.63, 3.8) is 0 Å². The van der Waals surface area contributed by atoms with Crippen molar-refractivity contribution in [3.8, 4) is 23.7 Å². The number of aliphatic hydroxyl groups excluding tert-OH is 5.